The number of benzene rings is 2. The molecule has 24 heavy (non-hydrogen) atoms. The Labute approximate surface area is 150 Å². The van der Waals surface area contributed by atoms with Crippen molar-refractivity contribution < 1.29 is 4.79 Å². The second-order valence-electron chi connectivity index (χ2n) is 7.19. The Morgan fingerprint density at radius 1 is 1.04 bits per heavy atom. The summed E-state index contributed by atoms with van der Waals surface area (Å²) in [6, 6.07) is 14.0. The lowest BCUT2D eigenvalue weighted by molar-refractivity contribution is 0.102. The van der Waals surface area contributed by atoms with Crippen LogP contribution in [0.1, 0.15) is 47.8 Å². The van der Waals surface area contributed by atoms with Gasteiger partial charge in [0.1, 0.15) is 0 Å². The van der Waals surface area contributed by atoms with Gasteiger partial charge >= 0.3 is 0 Å². The molecule has 3 nitrogen and oxygen atoms in total. The first kappa shape index (κ1) is 18.5. The number of hydrogen-bond donors (Lipinski definition) is 2. The van der Waals surface area contributed by atoms with Crippen molar-refractivity contribution >= 4 is 24.0 Å². The molecule has 0 unspecified atom stereocenters. The van der Waals surface area contributed by atoms with Crippen molar-refractivity contribution in [3.63, 3.8) is 0 Å². The molecule has 0 atom stereocenters. The minimum Gasteiger partial charge on any atom is -0.322 e. The lowest BCUT2D eigenvalue weighted by Gasteiger charge is -2.19. The number of fused-ring (bicyclic) bond motifs is 1. The van der Waals surface area contributed by atoms with Crippen LogP contribution in [-0.4, -0.2) is 12.5 Å². The topological polar surface area (TPSA) is 41.1 Å². The van der Waals surface area contributed by atoms with Gasteiger partial charge in [0.05, 0.1) is 0 Å². The Balaban J connectivity index is 0.00000208. The highest BCUT2D eigenvalue weighted by Gasteiger charge is 2.15. The number of nitrogens with one attached hydrogen (secondary N) is 2. The van der Waals surface area contributed by atoms with Crippen LogP contribution < -0.4 is 10.6 Å². The van der Waals surface area contributed by atoms with E-state index in [-0.39, 0.29) is 23.7 Å². The molecule has 0 fully saturated rings. The van der Waals surface area contributed by atoms with Crippen LogP contribution in [0.15, 0.2) is 42.5 Å². The van der Waals surface area contributed by atoms with Gasteiger partial charge in [-0.15, -0.1) is 12.4 Å². The first-order valence-corrected chi connectivity index (χ1v) is 8.18. The lowest BCUT2D eigenvalue weighted by atomic mass is 9.87. The maximum atomic E-state index is 12.4. The largest absolute Gasteiger partial charge is 0.322 e. The van der Waals surface area contributed by atoms with Gasteiger partial charge < -0.3 is 10.6 Å². The van der Waals surface area contributed by atoms with E-state index >= 15 is 0 Å². The fourth-order valence-corrected chi connectivity index (χ4v) is 2.88. The first-order chi connectivity index (χ1) is 10.9. The number of carbonyl (C=O) groups is 1. The molecule has 0 aromatic heterocycles. The van der Waals surface area contributed by atoms with Crippen LogP contribution in [0.3, 0.4) is 0 Å². The Morgan fingerprint density at radius 2 is 1.75 bits per heavy atom. The highest BCUT2D eigenvalue weighted by Crippen LogP contribution is 2.23. The van der Waals surface area contributed by atoms with Gasteiger partial charge in [-0.1, -0.05) is 39.0 Å². The Morgan fingerprint density at radius 3 is 2.42 bits per heavy atom. The molecule has 1 aliphatic rings. The fourth-order valence-electron chi connectivity index (χ4n) is 2.88. The van der Waals surface area contributed by atoms with Crippen LogP contribution in [0, 0.1) is 0 Å². The van der Waals surface area contributed by atoms with Crippen LogP contribution >= 0.6 is 12.4 Å². The zero-order chi connectivity index (χ0) is 16.4. The van der Waals surface area contributed by atoms with Crippen LogP contribution in [0.25, 0.3) is 0 Å². The van der Waals surface area contributed by atoms with Crippen molar-refractivity contribution in [3.8, 4) is 0 Å². The Kier molecular flexibility index (Phi) is 5.68. The minimum absolute atomic E-state index is 0. The molecule has 0 aliphatic carbocycles. The third kappa shape index (κ3) is 4.16. The van der Waals surface area contributed by atoms with Gasteiger partial charge in [0.2, 0.25) is 0 Å². The summed E-state index contributed by atoms with van der Waals surface area (Å²) in [5.74, 6) is -0.0609. The van der Waals surface area contributed by atoms with Crippen molar-refractivity contribution in [1.82, 2.24) is 5.32 Å². The number of anilines is 1. The normalized spacial score (nSPS) is 13.6. The summed E-state index contributed by atoms with van der Waals surface area (Å²) < 4.78 is 0. The summed E-state index contributed by atoms with van der Waals surface area (Å²) in [5.41, 5.74) is 5.52. The fraction of sp³-hybridized carbons (Fsp3) is 0.350. The van der Waals surface area contributed by atoms with Crippen molar-refractivity contribution in [1.29, 1.82) is 0 Å². The van der Waals surface area contributed by atoms with E-state index in [4.69, 9.17) is 0 Å². The van der Waals surface area contributed by atoms with Gasteiger partial charge in [0, 0.05) is 17.8 Å². The van der Waals surface area contributed by atoms with Crippen molar-refractivity contribution in [3.05, 3.63) is 64.7 Å². The van der Waals surface area contributed by atoms with Crippen molar-refractivity contribution in [2.45, 2.75) is 39.2 Å². The maximum absolute atomic E-state index is 12.4. The summed E-state index contributed by atoms with van der Waals surface area (Å²) in [6.45, 7) is 8.41. The molecule has 0 bridgehead atoms. The SMILES string of the molecule is CC(C)(C)c1ccc(C(=O)Nc2ccc3c(c2)CNCC3)cc1.Cl. The van der Waals surface area contributed by atoms with Gasteiger partial charge in [0.15, 0.2) is 0 Å². The van der Waals surface area contributed by atoms with Crippen LogP contribution in [0.4, 0.5) is 5.69 Å². The number of carbonyl (C=O) groups excluding carboxylic acids is 1. The third-order valence-electron chi connectivity index (χ3n) is 4.36. The number of rotatable bonds is 2. The van der Waals surface area contributed by atoms with Crippen LogP contribution in [-0.2, 0) is 18.4 Å². The summed E-state index contributed by atoms with van der Waals surface area (Å²) in [5, 5.41) is 6.36. The van der Waals surface area contributed by atoms with E-state index in [0.29, 0.717) is 5.56 Å². The summed E-state index contributed by atoms with van der Waals surface area (Å²) >= 11 is 0. The molecule has 2 aromatic rings. The smallest absolute Gasteiger partial charge is 0.255 e. The van der Waals surface area contributed by atoms with E-state index < -0.39 is 0 Å². The first-order valence-electron chi connectivity index (χ1n) is 8.18. The number of halogens is 1. The van der Waals surface area contributed by atoms with Gasteiger partial charge in [-0.25, -0.2) is 0 Å². The molecule has 0 radical (unpaired) electrons. The lowest BCUT2D eigenvalue weighted by Crippen LogP contribution is -2.23. The molecule has 2 N–H and O–H groups in total. The van der Waals surface area contributed by atoms with Gasteiger partial charge in [-0.2, -0.15) is 0 Å². The molecule has 0 saturated heterocycles. The van der Waals surface area contributed by atoms with Crippen molar-refractivity contribution in [2.24, 2.45) is 0 Å². The molecule has 0 spiro atoms. The molecule has 4 heteroatoms. The predicted molar refractivity (Wildman–Crippen MR) is 102 cm³/mol. The van der Waals surface area contributed by atoms with Crippen LogP contribution in [0.2, 0.25) is 0 Å². The van der Waals surface area contributed by atoms with E-state index in [2.05, 4.69) is 43.5 Å². The standard InChI is InChI=1S/C20H24N2O.ClH/c1-20(2,3)17-7-4-15(5-8-17)19(23)22-18-9-6-14-10-11-21-13-16(14)12-18;/h4-9,12,21H,10-11,13H2,1-3H3,(H,22,23);1H. The number of amides is 1. The molecule has 1 amide bonds. The molecular weight excluding hydrogens is 320 g/mol. The molecule has 1 aliphatic heterocycles. The summed E-state index contributed by atoms with van der Waals surface area (Å²) in [4.78, 5) is 12.4. The Hall–Kier alpha value is -1.84. The van der Waals surface area contributed by atoms with E-state index in [1.165, 1.54) is 16.7 Å². The summed E-state index contributed by atoms with van der Waals surface area (Å²) in [6.07, 6.45) is 1.05. The van der Waals surface area contributed by atoms with E-state index in [1.807, 2.05) is 30.3 Å². The molecular formula is C20H25ClN2O. The van der Waals surface area contributed by atoms with Gasteiger partial charge in [-0.05, 0) is 59.3 Å². The number of hydrogen-bond acceptors (Lipinski definition) is 2. The highest BCUT2D eigenvalue weighted by molar-refractivity contribution is 6.04. The average molecular weight is 345 g/mol. The molecule has 1 heterocycles. The van der Waals surface area contributed by atoms with E-state index in [9.17, 15) is 4.79 Å². The average Bonchev–Trinajstić information content (AvgIpc) is 2.54. The maximum Gasteiger partial charge on any atom is 0.255 e. The highest BCUT2D eigenvalue weighted by atomic mass is 35.5. The second-order valence-corrected chi connectivity index (χ2v) is 7.19. The Bertz CT molecular complexity index is 717. The van der Waals surface area contributed by atoms with Gasteiger partial charge in [-0.3, -0.25) is 4.79 Å². The molecule has 128 valence electrons. The zero-order valence-corrected chi connectivity index (χ0v) is 15.3. The predicted octanol–water partition coefficient (Wildman–Crippen LogP) is 4.30. The third-order valence-corrected chi connectivity index (χ3v) is 4.36. The second kappa shape index (κ2) is 7.37. The molecule has 3 rings (SSSR count). The zero-order valence-electron chi connectivity index (χ0n) is 14.5. The van der Waals surface area contributed by atoms with Gasteiger partial charge in [0.25, 0.3) is 5.91 Å². The van der Waals surface area contributed by atoms with Crippen LogP contribution in [0.5, 0.6) is 0 Å². The minimum atomic E-state index is -0.0609. The molecule has 2 aromatic carbocycles. The van der Waals surface area contributed by atoms with E-state index in [1.54, 1.807) is 0 Å². The quantitative estimate of drug-likeness (QED) is 0.852. The van der Waals surface area contributed by atoms with E-state index in [0.717, 1.165) is 25.2 Å². The van der Waals surface area contributed by atoms with Crippen molar-refractivity contribution in [2.75, 3.05) is 11.9 Å². The summed E-state index contributed by atoms with van der Waals surface area (Å²) in [7, 11) is 0. The molecule has 0 saturated carbocycles. The monoisotopic (exact) mass is 344 g/mol.